The zero-order chi connectivity index (χ0) is 22.8. The van der Waals surface area contributed by atoms with Crippen LogP contribution in [0.15, 0.2) is 18.2 Å². The Kier molecular flexibility index (Phi) is 7.46. The minimum absolute atomic E-state index is 0.0234. The maximum atomic E-state index is 12.7. The molecule has 2 N–H and O–H groups in total. The number of hydrogen-bond donors (Lipinski definition) is 2. The fourth-order valence-corrected chi connectivity index (χ4v) is 3.88. The number of amides is 1. The van der Waals surface area contributed by atoms with Crippen LogP contribution in [0.25, 0.3) is 0 Å². The number of hydrogen-bond acceptors (Lipinski definition) is 4. The van der Waals surface area contributed by atoms with Gasteiger partial charge in [0, 0.05) is 5.54 Å². The molecule has 160 valence electrons. The van der Waals surface area contributed by atoms with Crippen molar-refractivity contribution in [3.63, 3.8) is 0 Å². The summed E-state index contributed by atoms with van der Waals surface area (Å²) >= 11 is 6.46. The fourth-order valence-electron chi connectivity index (χ4n) is 2.56. The first-order valence-corrected chi connectivity index (χ1v) is 12.6. The molecule has 0 aliphatic heterocycles. The van der Waals surface area contributed by atoms with Crippen molar-refractivity contribution in [1.29, 1.82) is 5.53 Å². The highest BCUT2D eigenvalue weighted by Crippen LogP contribution is 2.40. The Balaban J connectivity index is 3.49. The molecule has 1 rings (SSSR count). The summed E-state index contributed by atoms with van der Waals surface area (Å²) in [6.45, 7) is 15.6. The van der Waals surface area contributed by atoms with Gasteiger partial charge in [0.15, 0.2) is 0 Å². The summed E-state index contributed by atoms with van der Waals surface area (Å²) in [5.74, 6) is -0.119. The van der Waals surface area contributed by atoms with Crippen LogP contribution in [0.1, 0.15) is 53.1 Å². The zero-order valence-electron chi connectivity index (χ0n) is 18.3. The Morgan fingerprint density at radius 3 is 2.17 bits per heavy atom. The molecule has 0 saturated carbocycles. The van der Waals surface area contributed by atoms with Crippen molar-refractivity contribution in [3.05, 3.63) is 28.8 Å². The van der Waals surface area contributed by atoms with E-state index in [0.717, 1.165) is 11.1 Å². The maximum absolute atomic E-state index is 12.7. The van der Waals surface area contributed by atoms with E-state index in [9.17, 15) is 14.7 Å². The molecule has 0 bridgehead atoms. The third kappa shape index (κ3) is 5.92. The summed E-state index contributed by atoms with van der Waals surface area (Å²) in [4.78, 5) is 28.7. The number of carbonyl (C=O) groups is 2. The molecule has 0 aliphatic carbocycles. The second-order valence-electron chi connectivity index (χ2n) is 9.44. The predicted octanol–water partition coefficient (Wildman–Crippen LogP) is 5.42. The summed E-state index contributed by atoms with van der Waals surface area (Å²) in [5.41, 5.74) is 6.49. The first kappa shape index (κ1) is 24.9. The Morgan fingerprint density at radius 2 is 1.79 bits per heavy atom. The summed E-state index contributed by atoms with van der Waals surface area (Å²) in [7, 11) is -2.13. The quantitative estimate of drug-likeness (QED) is 0.266. The lowest BCUT2D eigenvalue weighted by atomic mass is 9.95. The summed E-state index contributed by atoms with van der Waals surface area (Å²) < 4.78 is 6.25. The van der Waals surface area contributed by atoms with E-state index in [4.69, 9.17) is 21.6 Å². The lowest BCUT2D eigenvalue weighted by Crippen LogP contribution is -2.49. The molecule has 29 heavy (non-hydrogen) atoms. The second kappa shape index (κ2) is 8.69. The van der Waals surface area contributed by atoms with Crippen molar-refractivity contribution < 1.29 is 23.9 Å². The van der Waals surface area contributed by atoms with Crippen LogP contribution in [0, 0.1) is 5.53 Å². The van der Waals surface area contributed by atoms with E-state index in [1.54, 1.807) is 39.0 Å². The molecule has 0 aromatic heterocycles. The highest BCUT2D eigenvalue weighted by molar-refractivity contribution is 6.74. The second-order valence-corrected chi connectivity index (χ2v) is 14.6. The molecule has 1 unspecified atom stereocenters. The van der Waals surface area contributed by atoms with Gasteiger partial charge in [0.1, 0.15) is 11.8 Å². The van der Waals surface area contributed by atoms with E-state index in [0.29, 0.717) is 16.3 Å². The van der Waals surface area contributed by atoms with Crippen LogP contribution in [-0.2, 0) is 4.79 Å². The van der Waals surface area contributed by atoms with Crippen molar-refractivity contribution in [1.82, 2.24) is 4.90 Å². The summed E-state index contributed by atoms with van der Waals surface area (Å²) in [6, 6.07) is 3.67. The Hall–Kier alpha value is -2.15. The van der Waals surface area contributed by atoms with E-state index >= 15 is 0 Å². The van der Waals surface area contributed by atoms with E-state index < -0.39 is 31.8 Å². The molecular weight excluding hydrogens is 410 g/mol. The molecule has 0 heterocycles. The molecule has 0 radical (unpaired) electrons. The van der Waals surface area contributed by atoms with Gasteiger partial charge in [-0.25, -0.2) is 4.79 Å². The average molecular weight is 441 g/mol. The average Bonchev–Trinajstić information content (AvgIpc) is 2.51. The Morgan fingerprint density at radius 1 is 1.24 bits per heavy atom. The monoisotopic (exact) mass is 440 g/mol. The van der Waals surface area contributed by atoms with Gasteiger partial charge in [0.2, 0.25) is 0 Å². The number of rotatable bonds is 6. The minimum atomic E-state index is -2.13. The van der Waals surface area contributed by atoms with Crippen molar-refractivity contribution in [2.45, 2.75) is 71.3 Å². The van der Waals surface area contributed by atoms with Crippen molar-refractivity contribution in [2.24, 2.45) is 0 Å². The number of benzene rings is 1. The molecule has 0 fully saturated rings. The van der Waals surface area contributed by atoms with Crippen LogP contribution in [-0.4, -0.2) is 46.7 Å². The van der Waals surface area contributed by atoms with E-state index in [-0.39, 0.29) is 5.04 Å². The largest absolute Gasteiger partial charge is 0.543 e. The van der Waals surface area contributed by atoms with Crippen LogP contribution >= 0.6 is 11.6 Å². The summed E-state index contributed by atoms with van der Waals surface area (Å²) in [5, 5.41) is 10.0. The summed E-state index contributed by atoms with van der Waals surface area (Å²) in [6.07, 6.45) is -0.452. The number of halogens is 1. The van der Waals surface area contributed by atoms with E-state index in [1.165, 1.54) is 0 Å². The molecule has 7 nitrogen and oxygen atoms in total. The van der Waals surface area contributed by atoms with Crippen molar-refractivity contribution in [2.75, 3.05) is 0 Å². The van der Waals surface area contributed by atoms with Crippen LogP contribution < -0.4 is 4.43 Å². The third-order valence-electron chi connectivity index (χ3n) is 5.09. The van der Waals surface area contributed by atoms with Gasteiger partial charge in [-0.3, -0.25) is 9.69 Å². The zero-order valence-corrected chi connectivity index (χ0v) is 20.1. The highest BCUT2D eigenvalue weighted by Gasteiger charge is 2.41. The van der Waals surface area contributed by atoms with Crippen LogP contribution in [0.4, 0.5) is 4.79 Å². The number of nitrogens with zero attached hydrogens (tertiary/aromatic N) is 2. The molecule has 1 amide bonds. The first-order chi connectivity index (χ1) is 13.0. The van der Waals surface area contributed by atoms with E-state index in [1.807, 2.05) is 0 Å². The molecular formula is C20H31ClN3O4Si+. The standard InChI is InChI=1S/C20H30ClN3O4Si/c1-19(2,3)24(18(26)27)17(15(25)12-23-22)13-9-10-16(14(21)11-13)28-29(7,8)20(4,5)6/h9-12,17,22H,1-8H3/p+1. The fraction of sp³-hybridized carbons (Fsp3) is 0.550. The van der Waals surface area contributed by atoms with Crippen LogP contribution in [0.3, 0.4) is 0 Å². The molecule has 0 aliphatic rings. The Labute approximate surface area is 178 Å². The van der Waals surface area contributed by atoms with Gasteiger partial charge in [-0.1, -0.05) is 38.4 Å². The topological polar surface area (TPSA) is 105 Å². The molecule has 0 spiro atoms. The molecule has 0 saturated heterocycles. The molecule has 1 aromatic carbocycles. The number of carboxylic acid groups (broad SMARTS) is 1. The molecule has 9 heteroatoms. The highest BCUT2D eigenvalue weighted by atomic mass is 35.5. The van der Waals surface area contributed by atoms with Gasteiger partial charge >= 0.3 is 12.3 Å². The lowest BCUT2D eigenvalue weighted by molar-refractivity contribution is -0.135. The first-order valence-electron chi connectivity index (χ1n) is 9.27. The SMILES string of the molecule is CC(C)(C)N(C(=O)O)C(C(=O)C=[N+]=N)c1ccc(O[Si](C)(C)C(C)(C)C)c(Cl)c1. The minimum Gasteiger partial charge on any atom is -0.543 e. The molecule has 1 aromatic rings. The van der Waals surface area contributed by atoms with Crippen LogP contribution in [0.5, 0.6) is 5.75 Å². The van der Waals surface area contributed by atoms with Crippen molar-refractivity contribution in [3.8, 4) is 5.75 Å². The third-order valence-corrected chi connectivity index (χ3v) is 9.73. The van der Waals surface area contributed by atoms with Gasteiger partial charge < -0.3 is 9.53 Å². The van der Waals surface area contributed by atoms with Crippen LogP contribution in [0.2, 0.25) is 23.2 Å². The lowest BCUT2D eigenvalue weighted by Gasteiger charge is -2.38. The normalized spacial score (nSPS) is 13.3. The predicted molar refractivity (Wildman–Crippen MR) is 116 cm³/mol. The van der Waals surface area contributed by atoms with Gasteiger partial charge in [-0.05, 0) is 56.6 Å². The van der Waals surface area contributed by atoms with Gasteiger partial charge in [0.05, 0.1) is 15.3 Å². The smallest absolute Gasteiger partial charge is 0.408 e. The maximum Gasteiger partial charge on any atom is 0.408 e. The van der Waals surface area contributed by atoms with Gasteiger partial charge in [-0.15, -0.1) is 0 Å². The van der Waals surface area contributed by atoms with E-state index in [2.05, 4.69) is 38.7 Å². The number of nitrogens with one attached hydrogen (secondary N) is 1. The molecule has 1 atom stereocenters. The Bertz CT molecular complexity index is 837. The van der Waals surface area contributed by atoms with Gasteiger partial charge in [-0.2, -0.15) is 0 Å². The number of ketones is 1. The number of Topliss-reactive ketones (excluding diaryl/α,β-unsaturated/α-hetero) is 1. The van der Waals surface area contributed by atoms with Gasteiger partial charge in [0.25, 0.3) is 14.1 Å². The van der Waals surface area contributed by atoms with Crippen molar-refractivity contribution >= 4 is 38.0 Å². The number of carbonyl (C=O) groups excluding carboxylic acids is 1.